The summed E-state index contributed by atoms with van der Waals surface area (Å²) in [5, 5.41) is 2.80. The zero-order chi connectivity index (χ0) is 8.32. The Kier molecular flexibility index (Phi) is 2.78. The van der Waals surface area contributed by atoms with E-state index in [4.69, 9.17) is 5.73 Å². The Morgan fingerprint density at radius 2 is 2.36 bits per heavy atom. The van der Waals surface area contributed by atoms with E-state index in [1.165, 1.54) is 0 Å². The van der Waals surface area contributed by atoms with Crippen molar-refractivity contribution in [3.63, 3.8) is 0 Å². The highest BCUT2D eigenvalue weighted by Crippen LogP contribution is 2.31. The average molecular weight is 174 g/mol. The van der Waals surface area contributed by atoms with Gasteiger partial charge in [-0.25, -0.2) is 0 Å². The van der Waals surface area contributed by atoms with Crippen molar-refractivity contribution in [2.45, 2.75) is 18.4 Å². The van der Waals surface area contributed by atoms with Gasteiger partial charge in [0.05, 0.1) is 5.54 Å². The summed E-state index contributed by atoms with van der Waals surface area (Å²) in [6, 6.07) is 0. The predicted octanol–water partition coefficient (Wildman–Crippen LogP) is -0.0431. The molecule has 0 aromatic carbocycles. The quantitative estimate of drug-likeness (QED) is 0.588. The molecule has 1 aliphatic carbocycles. The van der Waals surface area contributed by atoms with E-state index in [1.807, 2.05) is 6.26 Å². The Morgan fingerprint density at radius 3 is 2.82 bits per heavy atom. The molecule has 1 amide bonds. The van der Waals surface area contributed by atoms with Crippen LogP contribution in [0.15, 0.2) is 0 Å². The number of thioether (sulfide) groups is 1. The lowest BCUT2D eigenvalue weighted by molar-refractivity contribution is -0.123. The highest BCUT2D eigenvalue weighted by atomic mass is 32.2. The molecule has 1 aliphatic rings. The van der Waals surface area contributed by atoms with E-state index in [2.05, 4.69) is 5.32 Å². The van der Waals surface area contributed by atoms with Crippen LogP contribution in [-0.2, 0) is 4.79 Å². The molecule has 0 saturated heterocycles. The third-order valence-corrected chi connectivity index (χ3v) is 2.44. The number of amides is 1. The Bertz CT molecular complexity index is 157. The van der Waals surface area contributed by atoms with Gasteiger partial charge in [0.2, 0.25) is 5.91 Å². The monoisotopic (exact) mass is 174 g/mol. The maximum atomic E-state index is 11.2. The van der Waals surface area contributed by atoms with Crippen molar-refractivity contribution in [3.05, 3.63) is 0 Å². The number of rotatable bonds is 4. The van der Waals surface area contributed by atoms with Crippen LogP contribution in [0.2, 0.25) is 0 Å². The Balaban J connectivity index is 2.12. The molecule has 0 aliphatic heterocycles. The summed E-state index contributed by atoms with van der Waals surface area (Å²) in [4.78, 5) is 11.2. The van der Waals surface area contributed by atoms with Crippen LogP contribution >= 0.6 is 11.8 Å². The van der Waals surface area contributed by atoms with Gasteiger partial charge >= 0.3 is 0 Å². The number of nitrogens with one attached hydrogen (secondary N) is 1. The number of hydrogen-bond donors (Lipinski definition) is 2. The van der Waals surface area contributed by atoms with Crippen LogP contribution in [0, 0.1) is 0 Å². The number of carbonyl (C=O) groups is 1. The van der Waals surface area contributed by atoms with E-state index in [0.29, 0.717) is 0 Å². The minimum Gasteiger partial charge on any atom is -0.354 e. The van der Waals surface area contributed by atoms with Crippen LogP contribution in [-0.4, -0.2) is 30.0 Å². The van der Waals surface area contributed by atoms with Gasteiger partial charge in [-0.2, -0.15) is 11.8 Å². The minimum atomic E-state index is -0.502. The summed E-state index contributed by atoms with van der Waals surface area (Å²) in [5.41, 5.74) is 5.15. The van der Waals surface area contributed by atoms with Crippen molar-refractivity contribution in [2.24, 2.45) is 5.73 Å². The second-order valence-corrected chi connectivity index (χ2v) is 3.89. The fourth-order valence-corrected chi connectivity index (χ4v) is 1.11. The van der Waals surface area contributed by atoms with Crippen LogP contribution in [0.4, 0.5) is 0 Å². The van der Waals surface area contributed by atoms with Gasteiger partial charge in [-0.05, 0) is 19.1 Å². The summed E-state index contributed by atoms with van der Waals surface area (Å²) < 4.78 is 0. The van der Waals surface area contributed by atoms with Gasteiger partial charge in [-0.15, -0.1) is 0 Å². The molecule has 1 fully saturated rings. The van der Waals surface area contributed by atoms with Crippen LogP contribution in [0.1, 0.15) is 12.8 Å². The van der Waals surface area contributed by atoms with E-state index in [1.54, 1.807) is 11.8 Å². The summed E-state index contributed by atoms with van der Waals surface area (Å²) >= 11 is 1.72. The molecule has 0 aromatic heterocycles. The zero-order valence-corrected chi connectivity index (χ0v) is 7.54. The third kappa shape index (κ3) is 2.38. The first-order valence-electron chi connectivity index (χ1n) is 3.75. The fraction of sp³-hybridized carbons (Fsp3) is 0.857. The minimum absolute atomic E-state index is 0.0200. The van der Waals surface area contributed by atoms with Gasteiger partial charge < -0.3 is 11.1 Å². The number of hydrogen-bond acceptors (Lipinski definition) is 3. The van der Waals surface area contributed by atoms with Gasteiger partial charge in [0, 0.05) is 12.3 Å². The van der Waals surface area contributed by atoms with Crippen LogP contribution in [0.5, 0.6) is 0 Å². The Labute approximate surface area is 71.1 Å². The largest absolute Gasteiger partial charge is 0.354 e. The van der Waals surface area contributed by atoms with Crippen molar-refractivity contribution in [1.29, 1.82) is 0 Å². The molecule has 0 unspecified atom stereocenters. The van der Waals surface area contributed by atoms with Crippen molar-refractivity contribution in [1.82, 2.24) is 5.32 Å². The summed E-state index contributed by atoms with van der Waals surface area (Å²) in [5.74, 6) is 0.980. The molecule has 0 heterocycles. The molecule has 0 radical (unpaired) electrons. The molecule has 64 valence electrons. The van der Waals surface area contributed by atoms with E-state index < -0.39 is 5.54 Å². The van der Waals surface area contributed by atoms with Gasteiger partial charge in [-0.1, -0.05) is 0 Å². The normalized spacial score (nSPS) is 19.5. The van der Waals surface area contributed by atoms with Crippen molar-refractivity contribution < 1.29 is 4.79 Å². The highest BCUT2D eigenvalue weighted by Gasteiger charge is 2.45. The van der Waals surface area contributed by atoms with Gasteiger partial charge in [0.1, 0.15) is 0 Å². The van der Waals surface area contributed by atoms with Crippen LogP contribution in [0.3, 0.4) is 0 Å². The Hall–Kier alpha value is -0.220. The van der Waals surface area contributed by atoms with E-state index >= 15 is 0 Å². The summed E-state index contributed by atoms with van der Waals surface area (Å²) in [7, 11) is 0. The summed E-state index contributed by atoms with van der Waals surface area (Å²) in [6.07, 6.45) is 3.71. The predicted molar refractivity (Wildman–Crippen MR) is 47.5 cm³/mol. The molecule has 0 spiro atoms. The van der Waals surface area contributed by atoms with Crippen LogP contribution in [0.25, 0.3) is 0 Å². The van der Waals surface area contributed by atoms with Crippen molar-refractivity contribution in [2.75, 3.05) is 18.6 Å². The molecule has 1 saturated carbocycles. The Morgan fingerprint density at radius 1 is 1.73 bits per heavy atom. The molecule has 3 nitrogen and oxygen atoms in total. The zero-order valence-electron chi connectivity index (χ0n) is 6.72. The topological polar surface area (TPSA) is 55.1 Å². The molecular formula is C7H14N2OS. The molecule has 4 heteroatoms. The van der Waals surface area contributed by atoms with Crippen LogP contribution < -0.4 is 11.1 Å². The second-order valence-electron chi connectivity index (χ2n) is 2.90. The lowest BCUT2D eigenvalue weighted by Crippen LogP contribution is -2.43. The third-order valence-electron chi connectivity index (χ3n) is 1.83. The molecule has 0 bridgehead atoms. The van der Waals surface area contributed by atoms with Gasteiger partial charge in [0.25, 0.3) is 0 Å². The molecule has 0 aromatic rings. The fourth-order valence-electron chi connectivity index (χ4n) is 0.804. The standard InChI is InChI=1S/C7H14N2OS/c1-11-5-4-9-6(10)7(8)2-3-7/h2-5,8H2,1H3,(H,9,10). The number of carbonyl (C=O) groups excluding carboxylic acids is 1. The smallest absolute Gasteiger partial charge is 0.240 e. The van der Waals surface area contributed by atoms with E-state index in [-0.39, 0.29) is 5.91 Å². The molecule has 3 N–H and O–H groups in total. The van der Waals surface area contributed by atoms with E-state index in [9.17, 15) is 4.79 Å². The summed E-state index contributed by atoms with van der Waals surface area (Å²) in [6.45, 7) is 0.735. The first kappa shape index (κ1) is 8.87. The SMILES string of the molecule is CSCCNC(=O)C1(N)CC1. The van der Waals surface area contributed by atoms with E-state index in [0.717, 1.165) is 25.1 Å². The lowest BCUT2D eigenvalue weighted by atomic mass is 10.3. The average Bonchev–Trinajstić information content (AvgIpc) is 2.70. The second kappa shape index (κ2) is 3.45. The first-order valence-corrected chi connectivity index (χ1v) is 5.14. The molecule has 0 atom stereocenters. The van der Waals surface area contributed by atoms with Crippen molar-refractivity contribution >= 4 is 17.7 Å². The molecular weight excluding hydrogens is 160 g/mol. The lowest BCUT2D eigenvalue weighted by Gasteiger charge is -2.08. The highest BCUT2D eigenvalue weighted by molar-refractivity contribution is 7.98. The maximum Gasteiger partial charge on any atom is 0.240 e. The molecule has 11 heavy (non-hydrogen) atoms. The van der Waals surface area contributed by atoms with Gasteiger partial charge in [-0.3, -0.25) is 4.79 Å². The maximum absolute atomic E-state index is 11.2. The first-order chi connectivity index (χ1) is 5.19. The van der Waals surface area contributed by atoms with Crippen molar-refractivity contribution in [3.8, 4) is 0 Å². The number of nitrogens with two attached hydrogens (primary N) is 1. The molecule has 1 rings (SSSR count). The van der Waals surface area contributed by atoms with Gasteiger partial charge in [0.15, 0.2) is 0 Å².